The van der Waals surface area contributed by atoms with Gasteiger partial charge < -0.3 is 11.1 Å². The fourth-order valence-corrected chi connectivity index (χ4v) is 2.34. The summed E-state index contributed by atoms with van der Waals surface area (Å²) in [6, 6.07) is 0.380. The summed E-state index contributed by atoms with van der Waals surface area (Å²) >= 11 is 0. The molecule has 0 aromatic heterocycles. The van der Waals surface area contributed by atoms with Crippen LogP contribution in [0, 0.1) is 5.92 Å². The standard InChI is InChI=1S/C14H28N2O/c1-11(2)13(15)10-14(17)16-12-8-6-4-3-5-7-9-12/h11-13H,3-10,15H2,1-2H3,(H,16,17). The van der Waals surface area contributed by atoms with Gasteiger partial charge in [-0.2, -0.15) is 0 Å². The van der Waals surface area contributed by atoms with Gasteiger partial charge in [0.05, 0.1) is 0 Å². The van der Waals surface area contributed by atoms with E-state index in [1.54, 1.807) is 0 Å². The molecular weight excluding hydrogens is 212 g/mol. The molecule has 1 saturated carbocycles. The summed E-state index contributed by atoms with van der Waals surface area (Å²) in [7, 11) is 0. The Hall–Kier alpha value is -0.570. The lowest BCUT2D eigenvalue weighted by atomic mass is 9.96. The molecule has 0 aromatic carbocycles. The molecule has 1 fully saturated rings. The highest BCUT2D eigenvalue weighted by atomic mass is 16.1. The maximum atomic E-state index is 11.8. The van der Waals surface area contributed by atoms with Crippen molar-refractivity contribution in [1.29, 1.82) is 0 Å². The van der Waals surface area contributed by atoms with Gasteiger partial charge in [-0.05, 0) is 18.8 Å². The van der Waals surface area contributed by atoms with Crippen molar-refractivity contribution in [3.8, 4) is 0 Å². The predicted octanol–water partition coefficient (Wildman–Crippen LogP) is 2.59. The second-order valence-corrected chi connectivity index (χ2v) is 5.72. The molecule has 0 radical (unpaired) electrons. The van der Waals surface area contributed by atoms with E-state index in [-0.39, 0.29) is 11.9 Å². The summed E-state index contributed by atoms with van der Waals surface area (Å²) in [4.78, 5) is 11.8. The van der Waals surface area contributed by atoms with Crippen LogP contribution in [0.4, 0.5) is 0 Å². The molecule has 3 N–H and O–H groups in total. The molecular formula is C14H28N2O. The smallest absolute Gasteiger partial charge is 0.221 e. The van der Waals surface area contributed by atoms with Crippen LogP contribution in [0.2, 0.25) is 0 Å². The molecule has 1 atom stereocenters. The zero-order valence-corrected chi connectivity index (χ0v) is 11.4. The van der Waals surface area contributed by atoms with E-state index in [4.69, 9.17) is 5.73 Å². The third-order valence-electron chi connectivity index (χ3n) is 3.75. The molecule has 100 valence electrons. The molecule has 1 rings (SSSR count). The van der Waals surface area contributed by atoms with Gasteiger partial charge in [0.2, 0.25) is 5.91 Å². The largest absolute Gasteiger partial charge is 0.353 e. The Morgan fingerprint density at radius 2 is 1.71 bits per heavy atom. The van der Waals surface area contributed by atoms with Crippen molar-refractivity contribution in [2.24, 2.45) is 11.7 Å². The van der Waals surface area contributed by atoms with Gasteiger partial charge in [0.1, 0.15) is 0 Å². The van der Waals surface area contributed by atoms with E-state index in [0.717, 1.165) is 12.8 Å². The number of nitrogens with two attached hydrogens (primary N) is 1. The highest BCUT2D eigenvalue weighted by molar-refractivity contribution is 5.76. The molecule has 0 saturated heterocycles. The zero-order chi connectivity index (χ0) is 12.7. The Labute approximate surface area is 106 Å². The number of rotatable bonds is 4. The Balaban J connectivity index is 2.28. The number of carbonyl (C=O) groups is 1. The van der Waals surface area contributed by atoms with Crippen LogP contribution >= 0.6 is 0 Å². The zero-order valence-electron chi connectivity index (χ0n) is 11.4. The molecule has 0 heterocycles. The average Bonchev–Trinajstić information content (AvgIpc) is 2.21. The van der Waals surface area contributed by atoms with E-state index in [0.29, 0.717) is 18.4 Å². The number of carbonyl (C=O) groups excluding carboxylic acids is 1. The normalized spacial score (nSPS) is 20.7. The van der Waals surface area contributed by atoms with Gasteiger partial charge in [0.25, 0.3) is 0 Å². The first-order chi connectivity index (χ1) is 8.09. The van der Waals surface area contributed by atoms with Crippen LogP contribution in [0.15, 0.2) is 0 Å². The lowest BCUT2D eigenvalue weighted by Crippen LogP contribution is -2.40. The van der Waals surface area contributed by atoms with Gasteiger partial charge in [-0.15, -0.1) is 0 Å². The Morgan fingerprint density at radius 3 is 2.24 bits per heavy atom. The van der Waals surface area contributed by atoms with Gasteiger partial charge in [0, 0.05) is 18.5 Å². The molecule has 17 heavy (non-hydrogen) atoms. The van der Waals surface area contributed by atoms with Crippen molar-refractivity contribution in [1.82, 2.24) is 5.32 Å². The Bertz CT molecular complexity index is 220. The molecule has 3 nitrogen and oxygen atoms in total. The summed E-state index contributed by atoms with van der Waals surface area (Å²) in [6.07, 6.45) is 9.25. The third kappa shape index (κ3) is 6.06. The highest BCUT2D eigenvalue weighted by Crippen LogP contribution is 2.17. The summed E-state index contributed by atoms with van der Waals surface area (Å²) in [5, 5.41) is 3.15. The number of amides is 1. The lowest BCUT2D eigenvalue weighted by molar-refractivity contribution is -0.122. The van der Waals surface area contributed by atoms with Gasteiger partial charge in [-0.1, -0.05) is 46.0 Å². The Kier molecular flexibility index (Phi) is 6.56. The maximum absolute atomic E-state index is 11.8. The minimum absolute atomic E-state index is 0.0106. The second-order valence-electron chi connectivity index (χ2n) is 5.72. The van der Waals surface area contributed by atoms with Gasteiger partial charge in [-0.25, -0.2) is 0 Å². The third-order valence-corrected chi connectivity index (χ3v) is 3.75. The van der Waals surface area contributed by atoms with Crippen LogP contribution < -0.4 is 11.1 Å². The average molecular weight is 240 g/mol. The van der Waals surface area contributed by atoms with Crippen LogP contribution in [0.1, 0.15) is 65.2 Å². The summed E-state index contributed by atoms with van der Waals surface area (Å²) in [5.74, 6) is 0.509. The lowest BCUT2D eigenvalue weighted by Gasteiger charge is -2.22. The van der Waals surface area contributed by atoms with E-state index >= 15 is 0 Å². The molecule has 1 aliphatic rings. The van der Waals surface area contributed by atoms with Crippen LogP contribution in [-0.2, 0) is 4.79 Å². The first-order valence-electron chi connectivity index (χ1n) is 7.14. The monoisotopic (exact) mass is 240 g/mol. The highest BCUT2D eigenvalue weighted by Gasteiger charge is 2.17. The maximum Gasteiger partial charge on any atom is 0.221 e. The van der Waals surface area contributed by atoms with Crippen LogP contribution in [-0.4, -0.2) is 18.0 Å². The second kappa shape index (κ2) is 7.70. The van der Waals surface area contributed by atoms with Gasteiger partial charge >= 0.3 is 0 Å². The van der Waals surface area contributed by atoms with Crippen LogP contribution in [0.3, 0.4) is 0 Å². The molecule has 0 bridgehead atoms. The molecule has 3 heteroatoms. The molecule has 0 spiro atoms. The summed E-state index contributed by atoms with van der Waals surface area (Å²) < 4.78 is 0. The first-order valence-corrected chi connectivity index (χ1v) is 7.14. The number of hydrogen-bond donors (Lipinski definition) is 2. The van der Waals surface area contributed by atoms with Crippen LogP contribution in [0.5, 0.6) is 0 Å². The van der Waals surface area contributed by atoms with Crippen molar-refractivity contribution in [2.45, 2.75) is 77.3 Å². The van der Waals surface area contributed by atoms with E-state index in [2.05, 4.69) is 19.2 Å². The molecule has 1 unspecified atom stereocenters. The van der Waals surface area contributed by atoms with Crippen molar-refractivity contribution >= 4 is 5.91 Å². The first kappa shape index (κ1) is 14.5. The number of hydrogen-bond acceptors (Lipinski definition) is 2. The van der Waals surface area contributed by atoms with Gasteiger partial charge in [0.15, 0.2) is 0 Å². The van der Waals surface area contributed by atoms with Crippen molar-refractivity contribution < 1.29 is 4.79 Å². The Morgan fingerprint density at radius 1 is 1.18 bits per heavy atom. The van der Waals surface area contributed by atoms with E-state index in [1.807, 2.05) is 0 Å². The van der Waals surface area contributed by atoms with Crippen molar-refractivity contribution in [3.63, 3.8) is 0 Å². The SMILES string of the molecule is CC(C)C(N)CC(=O)NC1CCCCCCC1. The quantitative estimate of drug-likeness (QED) is 0.793. The summed E-state index contributed by atoms with van der Waals surface area (Å²) in [6.45, 7) is 4.13. The van der Waals surface area contributed by atoms with Crippen molar-refractivity contribution in [2.75, 3.05) is 0 Å². The molecule has 0 aromatic rings. The molecule has 1 aliphatic carbocycles. The van der Waals surface area contributed by atoms with Gasteiger partial charge in [-0.3, -0.25) is 4.79 Å². The predicted molar refractivity (Wildman–Crippen MR) is 71.7 cm³/mol. The topological polar surface area (TPSA) is 55.1 Å². The fourth-order valence-electron chi connectivity index (χ4n) is 2.34. The van der Waals surface area contributed by atoms with E-state index < -0.39 is 0 Å². The minimum Gasteiger partial charge on any atom is -0.353 e. The van der Waals surface area contributed by atoms with E-state index in [9.17, 15) is 4.79 Å². The summed E-state index contributed by atoms with van der Waals surface area (Å²) in [5.41, 5.74) is 5.92. The fraction of sp³-hybridized carbons (Fsp3) is 0.929. The van der Waals surface area contributed by atoms with Crippen LogP contribution in [0.25, 0.3) is 0 Å². The molecule has 1 amide bonds. The van der Waals surface area contributed by atoms with Crippen molar-refractivity contribution in [3.05, 3.63) is 0 Å². The number of nitrogens with one attached hydrogen (secondary N) is 1. The minimum atomic E-state index is -0.0106. The van der Waals surface area contributed by atoms with E-state index in [1.165, 1.54) is 32.1 Å². The molecule has 0 aliphatic heterocycles.